The predicted molar refractivity (Wildman–Crippen MR) is 103 cm³/mol. The second-order valence-corrected chi connectivity index (χ2v) is 7.69. The molecule has 9 heteroatoms. The maximum Gasteiger partial charge on any atom is 0.339 e. The lowest BCUT2D eigenvalue weighted by molar-refractivity contribution is -0.769. The molecule has 0 radical (unpaired) electrons. The quantitative estimate of drug-likeness (QED) is 0.294. The topological polar surface area (TPSA) is 97.1 Å². The van der Waals surface area contributed by atoms with Gasteiger partial charge < -0.3 is 19.0 Å². The van der Waals surface area contributed by atoms with E-state index in [2.05, 4.69) is 4.84 Å². The van der Waals surface area contributed by atoms with Gasteiger partial charge in [-0.1, -0.05) is 42.5 Å². The highest BCUT2D eigenvalue weighted by atomic mass is 32.2. The van der Waals surface area contributed by atoms with Crippen LogP contribution < -0.4 is 0 Å². The Balaban J connectivity index is 1.40. The fourth-order valence-electron chi connectivity index (χ4n) is 3.43. The van der Waals surface area contributed by atoms with E-state index in [1.54, 1.807) is 23.9 Å². The molecule has 2 aliphatic rings. The number of ether oxygens (including phenoxy) is 3. The predicted octanol–water partition coefficient (Wildman–Crippen LogP) is 2.88. The van der Waals surface area contributed by atoms with Gasteiger partial charge in [-0.15, -0.1) is 21.9 Å². The third kappa shape index (κ3) is 4.52. The van der Waals surface area contributed by atoms with Crippen molar-refractivity contribution in [2.75, 3.05) is 13.2 Å². The third-order valence-electron chi connectivity index (χ3n) is 4.79. The van der Waals surface area contributed by atoms with E-state index >= 15 is 0 Å². The SMILES string of the molecule is O=C(O[C@H]1CO[C@H]2[C@@H]1OC[C@H]2O[N+](=O)[O-])c1ccccc1SCc1ccccc1. The Morgan fingerprint density at radius 1 is 1.03 bits per heavy atom. The number of benzene rings is 2. The normalized spacial score (nSPS) is 25.4. The van der Waals surface area contributed by atoms with Crippen molar-refractivity contribution in [2.24, 2.45) is 0 Å². The zero-order chi connectivity index (χ0) is 20.2. The van der Waals surface area contributed by atoms with Gasteiger partial charge in [0.25, 0.3) is 5.09 Å². The number of nitrogens with zero attached hydrogens (tertiary/aromatic N) is 1. The molecule has 2 fully saturated rings. The van der Waals surface area contributed by atoms with Crippen LogP contribution in [0.3, 0.4) is 0 Å². The van der Waals surface area contributed by atoms with Gasteiger partial charge in [0.15, 0.2) is 12.2 Å². The van der Waals surface area contributed by atoms with Crippen LogP contribution in [0.25, 0.3) is 0 Å². The van der Waals surface area contributed by atoms with E-state index in [9.17, 15) is 14.9 Å². The number of hydrogen-bond acceptors (Lipinski definition) is 8. The van der Waals surface area contributed by atoms with Gasteiger partial charge in [0, 0.05) is 10.6 Å². The second kappa shape index (κ2) is 8.81. The van der Waals surface area contributed by atoms with Crippen LogP contribution >= 0.6 is 11.8 Å². The molecule has 0 bridgehead atoms. The molecule has 0 N–H and O–H groups in total. The van der Waals surface area contributed by atoms with Crippen molar-refractivity contribution in [1.29, 1.82) is 0 Å². The molecule has 29 heavy (non-hydrogen) atoms. The van der Waals surface area contributed by atoms with E-state index < -0.39 is 35.5 Å². The number of rotatable bonds is 7. The van der Waals surface area contributed by atoms with Crippen molar-refractivity contribution in [1.82, 2.24) is 0 Å². The van der Waals surface area contributed by atoms with Gasteiger partial charge in [0.1, 0.15) is 12.2 Å². The van der Waals surface area contributed by atoms with Gasteiger partial charge in [-0.05, 0) is 17.7 Å². The highest BCUT2D eigenvalue weighted by Gasteiger charge is 2.51. The Hall–Kier alpha value is -2.62. The molecule has 0 unspecified atom stereocenters. The molecular formula is C20H19NO7S. The number of carbonyl (C=O) groups is 1. The summed E-state index contributed by atoms with van der Waals surface area (Å²) in [5.74, 6) is 0.253. The van der Waals surface area contributed by atoms with Crippen molar-refractivity contribution in [3.63, 3.8) is 0 Å². The Labute approximate surface area is 171 Å². The summed E-state index contributed by atoms with van der Waals surface area (Å²) in [5.41, 5.74) is 1.62. The van der Waals surface area contributed by atoms with Crippen LogP contribution in [-0.4, -0.2) is 48.7 Å². The van der Waals surface area contributed by atoms with Crippen molar-refractivity contribution >= 4 is 17.7 Å². The molecule has 2 aliphatic heterocycles. The van der Waals surface area contributed by atoms with E-state index in [1.807, 2.05) is 42.5 Å². The summed E-state index contributed by atoms with van der Waals surface area (Å²) in [4.78, 5) is 28.8. The first-order valence-corrected chi connectivity index (χ1v) is 10.1. The van der Waals surface area contributed by atoms with Crippen molar-refractivity contribution < 1.29 is 28.9 Å². The smallest absolute Gasteiger partial charge is 0.339 e. The van der Waals surface area contributed by atoms with E-state index in [0.29, 0.717) is 5.56 Å². The molecule has 2 heterocycles. The van der Waals surface area contributed by atoms with Crippen LogP contribution in [0.5, 0.6) is 0 Å². The summed E-state index contributed by atoms with van der Waals surface area (Å²) in [6, 6.07) is 17.2. The maximum atomic E-state index is 12.8. The summed E-state index contributed by atoms with van der Waals surface area (Å²) in [5, 5.41) is 9.71. The van der Waals surface area contributed by atoms with Crippen molar-refractivity contribution in [2.45, 2.75) is 35.1 Å². The average molecular weight is 417 g/mol. The Morgan fingerprint density at radius 3 is 2.45 bits per heavy atom. The third-order valence-corrected chi connectivity index (χ3v) is 5.93. The van der Waals surface area contributed by atoms with Crippen LogP contribution in [0.1, 0.15) is 15.9 Å². The Kier molecular flexibility index (Phi) is 5.98. The average Bonchev–Trinajstić information content (AvgIpc) is 3.30. The second-order valence-electron chi connectivity index (χ2n) is 6.68. The highest BCUT2D eigenvalue weighted by molar-refractivity contribution is 7.98. The van der Waals surface area contributed by atoms with Crippen LogP contribution in [0, 0.1) is 10.1 Å². The molecule has 0 spiro atoms. The first-order valence-electron chi connectivity index (χ1n) is 9.13. The minimum absolute atomic E-state index is 0.0217. The summed E-state index contributed by atoms with van der Waals surface area (Å²) in [6.07, 6.45) is -2.65. The lowest BCUT2D eigenvalue weighted by atomic mass is 10.1. The van der Waals surface area contributed by atoms with Gasteiger partial charge in [-0.2, -0.15) is 0 Å². The van der Waals surface area contributed by atoms with Gasteiger partial charge in [-0.25, -0.2) is 4.79 Å². The number of hydrogen-bond donors (Lipinski definition) is 0. The monoisotopic (exact) mass is 417 g/mol. The molecule has 8 nitrogen and oxygen atoms in total. The van der Waals surface area contributed by atoms with Crippen molar-refractivity contribution in [3.8, 4) is 0 Å². The molecular weight excluding hydrogens is 398 g/mol. The molecule has 0 aromatic heterocycles. The van der Waals surface area contributed by atoms with Crippen LogP contribution in [-0.2, 0) is 24.8 Å². The number of carbonyl (C=O) groups excluding carboxylic acids is 1. The molecule has 2 saturated heterocycles. The number of esters is 1. The fraction of sp³-hybridized carbons (Fsp3) is 0.350. The number of thioether (sulfide) groups is 1. The lowest BCUT2D eigenvalue weighted by Gasteiger charge is -2.17. The molecule has 152 valence electrons. The van der Waals surface area contributed by atoms with Crippen LogP contribution in [0.15, 0.2) is 59.5 Å². The molecule has 0 amide bonds. The van der Waals surface area contributed by atoms with E-state index in [0.717, 1.165) is 16.2 Å². The molecule has 4 atom stereocenters. The Bertz CT molecular complexity index is 878. The van der Waals surface area contributed by atoms with Gasteiger partial charge in [0.05, 0.1) is 18.8 Å². The molecule has 0 aliphatic carbocycles. The van der Waals surface area contributed by atoms with E-state index in [4.69, 9.17) is 14.2 Å². The van der Waals surface area contributed by atoms with Gasteiger partial charge in [0.2, 0.25) is 0 Å². The minimum Gasteiger partial charge on any atom is -0.453 e. The minimum atomic E-state index is -0.862. The fourth-order valence-corrected chi connectivity index (χ4v) is 4.42. The Morgan fingerprint density at radius 2 is 1.69 bits per heavy atom. The summed E-state index contributed by atoms with van der Waals surface area (Å²) in [6.45, 7) is 0.131. The lowest BCUT2D eigenvalue weighted by Crippen LogP contribution is -2.35. The zero-order valence-electron chi connectivity index (χ0n) is 15.3. The van der Waals surface area contributed by atoms with Crippen molar-refractivity contribution in [3.05, 3.63) is 75.8 Å². The van der Waals surface area contributed by atoms with Gasteiger partial charge >= 0.3 is 5.97 Å². The first-order chi connectivity index (χ1) is 14.1. The standard InChI is InChI=1S/C20H19NO7S/c22-20(27-15-10-25-19-16(28-21(23)24)11-26-18(15)19)14-8-4-5-9-17(14)29-12-13-6-2-1-3-7-13/h1-9,15-16,18-19H,10-12H2/t15-,16+,18+,19+/m0/s1. The first kappa shape index (κ1) is 19.7. The molecule has 0 saturated carbocycles. The summed E-state index contributed by atoms with van der Waals surface area (Å²) in [7, 11) is 0. The van der Waals surface area contributed by atoms with Crippen LogP contribution in [0.4, 0.5) is 0 Å². The zero-order valence-corrected chi connectivity index (χ0v) is 16.2. The van der Waals surface area contributed by atoms with E-state index in [-0.39, 0.29) is 13.2 Å². The maximum absolute atomic E-state index is 12.8. The highest BCUT2D eigenvalue weighted by Crippen LogP contribution is 2.32. The molecule has 4 rings (SSSR count). The largest absolute Gasteiger partial charge is 0.453 e. The molecule has 2 aromatic carbocycles. The molecule has 2 aromatic rings. The van der Waals surface area contributed by atoms with Crippen LogP contribution in [0.2, 0.25) is 0 Å². The summed E-state index contributed by atoms with van der Waals surface area (Å²) < 4.78 is 16.7. The van der Waals surface area contributed by atoms with Gasteiger partial charge in [-0.3, -0.25) is 0 Å². The van der Waals surface area contributed by atoms with E-state index in [1.165, 1.54) is 0 Å². The number of fused-ring (bicyclic) bond motifs is 1. The summed E-state index contributed by atoms with van der Waals surface area (Å²) >= 11 is 1.55.